The van der Waals surface area contributed by atoms with Crippen LogP contribution in [-0.2, 0) is 14.3 Å². The maximum absolute atomic E-state index is 13.2. The molecule has 1 aromatic heterocycles. The predicted molar refractivity (Wildman–Crippen MR) is 169 cm³/mol. The number of hydrogen-bond donors (Lipinski definition) is 2. The summed E-state index contributed by atoms with van der Waals surface area (Å²) in [4.78, 5) is 35.0. The molecule has 45 heavy (non-hydrogen) atoms. The number of ether oxygens (including phenoxy) is 2. The van der Waals surface area contributed by atoms with Crippen molar-refractivity contribution in [2.75, 3.05) is 36.5 Å². The number of anilines is 2. The lowest BCUT2D eigenvalue weighted by Crippen LogP contribution is -2.37. The lowest BCUT2D eigenvalue weighted by molar-refractivity contribution is -0.112. The van der Waals surface area contributed by atoms with Gasteiger partial charge in [0.05, 0.1) is 19.3 Å². The molecule has 0 bridgehead atoms. The van der Waals surface area contributed by atoms with Crippen LogP contribution in [0.4, 0.5) is 29.5 Å². The van der Waals surface area contributed by atoms with Crippen molar-refractivity contribution in [3.05, 3.63) is 65.0 Å². The van der Waals surface area contributed by atoms with Gasteiger partial charge in [0.15, 0.2) is 0 Å². The Morgan fingerprint density at radius 3 is 2.47 bits per heavy atom. The predicted octanol–water partition coefficient (Wildman–Crippen LogP) is 6.19. The summed E-state index contributed by atoms with van der Waals surface area (Å²) in [7, 11) is 0. The van der Waals surface area contributed by atoms with Gasteiger partial charge >= 0.3 is 12.3 Å². The number of alkyl halides is 3. The fourth-order valence-corrected chi connectivity index (χ4v) is 4.25. The molecule has 1 atom stereocenters. The number of rotatable bonds is 7. The summed E-state index contributed by atoms with van der Waals surface area (Å²) < 4.78 is 50.4. The van der Waals surface area contributed by atoms with Gasteiger partial charge < -0.3 is 25.0 Å². The number of benzene rings is 1. The maximum Gasteiger partial charge on any atom is 0.433 e. The van der Waals surface area contributed by atoms with Crippen LogP contribution in [0.25, 0.3) is 11.1 Å². The Labute approximate surface area is 261 Å². The molecule has 240 valence electrons. The van der Waals surface area contributed by atoms with Crippen molar-refractivity contribution in [2.45, 2.75) is 59.4 Å². The van der Waals surface area contributed by atoms with E-state index >= 15 is 0 Å². The molecule has 1 saturated heterocycles. The summed E-state index contributed by atoms with van der Waals surface area (Å²) >= 11 is 0. The Morgan fingerprint density at radius 2 is 1.87 bits per heavy atom. The molecule has 3 rings (SSSR count). The molecule has 2 N–H and O–H groups in total. The molecule has 2 amide bonds. The highest BCUT2D eigenvalue weighted by Crippen LogP contribution is 2.31. The highest BCUT2D eigenvalue weighted by molar-refractivity contribution is 6.06. The van der Waals surface area contributed by atoms with Gasteiger partial charge in [-0.05, 0) is 101 Å². The first-order valence-electron chi connectivity index (χ1n) is 14.3. The normalized spacial score (nSPS) is 15.0. The van der Waals surface area contributed by atoms with E-state index in [2.05, 4.69) is 39.1 Å². The lowest BCUT2D eigenvalue weighted by atomic mass is 9.99. The van der Waals surface area contributed by atoms with E-state index < -0.39 is 35.5 Å². The number of carbonyl (C=O) groups excluding carboxylic acids is 2. The zero-order chi connectivity index (χ0) is 33.4. The van der Waals surface area contributed by atoms with E-state index in [0.717, 1.165) is 16.7 Å². The quantitative estimate of drug-likeness (QED) is 0.165. The topological polar surface area (TPSA) is 105 Å². The molecule has 1 fully saturated rings. The minimum atomic E-state index is -4.75. The number of nitrogens with one attached hydrogen (secondary N) is 2. The zero-order valence-electron chi connectivity index (χ0n) is 26.3. The molecule has 0 aliphatic carbocycles. The number of morpholine rings is 1. The Hall–Kier alpha value is -4.63. The number of nitrogens with zero attached hydrogens (tertiary/aromatic N) is 3. The van der Waals surface area contributed by atoms with Crippen LogP contribution in [0.3, 0.4) is 0 Å². The second kappa shape index (κ2) is 14.9. The second-order valence-electron chi connectivity index (χ2n) is 11.2. The van der Waals surface area contributed by atoms with Crippen molar-refractivity contribution in [2.24, 2.45) is 4.99 Å². The van der Waals surface area contributed by atoms with Crippen LogP contribution < -0.4 is 15.5 Å². The van der Waals surface area contributed by atoms with Gasteiger partial charge in [0, 0.05) is 24.4 Å². The van der Waals surface area contributed by atoms with Crippen molar-refractivity contribution >= 4 is 30.2 Å². The van der Waals surface area contributed by atoms with Crippen molar-refractivity contribution in [3.63, 3.8) is 0 Å². The number of pyridine rings is 1. The summed E-state index contributed by atoms with van der Waals surface area (Å²) in [5.41, 5.74) is 1.10. The molecule has 0 spiro atoms. The van der Waals surface area contributed by atoms with E-state index in [1.165, 1.54) is 13.0 Å². The summed E-state index contributed by atoms with van der Waals surface area (Å²) in [5.74, 6) is 5.99. The molecule has 2 heterocycles. The number of aliphatic imine (C=N–C) groups is 1. The third-order valence-corrected chi connectivity index (χ3v) is 6.43. The van der Waals surface area contributed by atoms with E-state index in [9.17, 15) is 22.8 Å². The molecule has 1 aliphatic rings. The number of aryl methyl sites for hydroxylation is 1. The smallest absolute Gasteiger partial charge is 0.433 e. The van der Waals surface area contributed by atoms with Crippen LogP contribution >= 0.6 is 0 Å². The summed E-state index contributed by atoms with van der Waals surface area (Å²) in [5, 5.41) is 5.37. The van der Waals surface area contributed by atoms with Gasteiger partial charge in [-0.1, -0.05) is 18.1 Å². The van der Waals surface area contributed by atoms with Crippen LogP contribution in [0.2, 0.25) is 0 Å². The van der Waals surface area contributed by atoms with Gasteiger partial charge in [0.25, 0.3) is 5.91 Å². The first kappa shape index (κ1) is 34.9. The highest BCUT2D eigenvalue weighted by atomic mass is 19.4. The molecule has 0 saturated carbocycles. The van der Waals surface area contributed by atoms with Gasteiger partial charge in [0.2, 0.25) is 0 Å². The van der Waals surface area contributed by atoms with Crippen molar-refractivity contribution in [1.82, 2.24) is 10.3 Å². The summed E-state index contributed by atoms with van der Waals surface area (Å²) in [6.45, 7) is 15.7. The van der Waals surface area contributed by atoms with Crippen molar-refractivity contribution in [3.8, 4) is 23.0 Å². The highest BCUT2D eigenvalue weighted by Gasteiger charge is 2.33. The molecule has 1 aromatic carbocycles. The minimum absolute atomic E-state index is 0.220. The van der Waals surface area contributed by atoms with E-state index in [1.807, 2.05) is 13.0 Å². The molecule has 12 heteroatoms. The fourth-order valence-electron chi connectivity index (χ4n) is 4.25. The molecular formula is C33H38F3N5O4. The first-order valence-corrected chi connectivity index (χ1v) is 14.3. The largest absolute Gasteiger partial charge is 0.444 e. The minimum Gasteiger partial charge on any atom is -0.444 e. The van der Waals surface area contributed by atoms with E-state index in [1.54, 1.807) is 52.0 Å². The van der Waals surface area contributed by atoms with Crippen LogP contribution in [0.15, 0.2) is 58.7 Å². The van der Waals surface area contributed by atoms with Crippen LogP contribution in [0.5, 0.6) is 0 Å². The van der Waals surface area contributed by atoms with E-state index in [0.29, 0.717) is 49.6 Å². The lowest BCUT2D eigenvalue weighted by Gasteiger charge is -2.28. The number of aromatic nitrogens is 1. The standard InChI is InChI=1S/C33H38F3N5O4/c1-8-23(18-28(37-7)33(34,35)36)30(42)40-26-11-9-21(2)27(20-26)24-17-25(39-29(19-24)41-13-15-44-16-14-41)12-10-22(3)38-31(43)45-32(4,5)6/h8-9,11,17-20,22H,7,13-16H2,1-6H3,(H,38,43)(H,40,42)/b23-8+,28-18-/t22-/m1/s1. The maximum atomic E-state index is 13.2. The number of halogens is 3. The Kier molecular flexibility index (Phi) is 11.5. The number of allylic oxidation sites excluding steroid dienone is 2. The van der Waals surface area contributed by atoms with Gasteiger partial charge in [-0.3, -0.25) is 9.79 Å². The first-order chi connectivity index (χ1) is 21.1. The van der Waals surface area contributed by atoms with E-state index in [-0.39, 0.29) is 5.57 Å². The third kappa shape index (κ3) is 10.5. The van der Waals surface area contributed by atoms with Crippen LogP contribution in [0.1, 0.15) is 45.9 Å². The van der Waals surface area contributed by atoms with Gasteiger partial charge in [-0.15, -0.1) is 0 Å². The van der Waals surface area contributed by atoms with E-state index in [4.69, 9.17) is 14.5 Å². The van der Waals surface area contributed by atoms with Gasteiger partial charge in [-0.2, -0.15) is 13.2 Å². The molecule has 1 aliphatic heterocycles. The average Bonchev–Trinajstić information content (AvgIpc) is 2.96. The van der Waals surface area contributed by atoms with Crippen molar-refractivity contribution < 1.29 is 32.2 Å². The molecule has 2 aromatic rings. The van der Waals surface area contributed by atoms with Crippen LogP contribution in [0, 0.1) is 18.8 Å². The monoisotopic (exact) mass is 625 g/mol. The Morgan fingerprint density at radius 1 is 1.18 bits per heavy atom. The number of hydrogen-bond acceptors (Lipinski definition) is 7. The van der Waals surface area contributed by atoms with Gasteiger partial charge in [0.1, 0.15) is 22.8 Å². The number of carbonyl (C=O) groups is 2. The molecule has 9 nitrogen and oxygen atoms in total. The summed E-state index contributed by atoms with van der Waals surface area (Å²) in [6.07, 6.45) is -3.42. The molecule has 0 unspecified atom stereocenters. The SMILES string of the molecule is C=N/C(=C\C(=C/C)C(=O)Nc1ccc(C)c(-c2cc(C#C[C@@H](C)NC(=O)OC(C)(C)C)nc(N3CCOCC3)c2)c1)C(F)(F)F. The Balaban J connectivity index is 1.96. The molecular weight excluding hydrogens is 587 g/mol. The zero-order valence-corrected chi connectivity index (χ0v) is 26.3. The van der Waals surface area contributed by atoms with Crippen molar-refractivity contribution in [1.29, 1.82) is 0 Å². The molecule has 0 radical (unpaired) electrons. The fraction of sp³-hybridized carbons (Fsp3) is 0.394. The summed E-state index contributed by atoms with van der Waals surface area (Å²) in [6, 6.07) is 8.40. The average molecular weight is 626 g/mol. The Bertz CT molecular complexity index is 1540. The number of amides is 2. The van der Waals surface area contributed by atoms with Crippen LogP contribution in [-0.4, -0.2) is 67.8 Å². The van der Waals surface area contributed by atoms with Gasteiger partial charge in [-0.25, -0.2) is 9.78 Å². The third-order valence-electron chi connectivity index (χ3n) is 6.43. The number of alkyl carbamates (subject to hydrolysis) is 1. The second-order valence-corrected chi connectivity index (χ2v) is 11.2.